The van der Waals surface area contributed by atoms with E-state index in [1.165, 1.54) is 0 Å². The molecule has 1 aliphatic rings. The Morgan fingerprint density at radius 2 is 1.86 bits per heavy atom. The topological polar surface area (TPSA) is 102 Å². The molecule has 0 aromatic heterocycles. The second kappa shape index (κ2) is 9.82. The van der Waals surface area contributed by atoms with Crippen LogP contribution in [0, 0.1) is 12.8 Å². The number of aliphatic imine (C=N–C) groups is 1. The number of halogens is 1. The minimum absolute atomic E-state index is 0.0944. The Morgan fingerprint density at radius 1 is 1.21 bits per heavy atom. The smallest absolute Gasteiger partial charge is 0.254 e. The van der Waals surface area contributed by atoms with Gasteiger partial charge in [-0.05, 0) is 44.5 Å². The molecule has 0 aliphatic carbocycles. The molecule has 7 nitrogen and oxygen atoms in total. The van der Waals surface area contributed by atoms with Crippen molar-refractivity contribution < 1.29 is 19.8 Å². The Morgan fingerprint density at radius 3 is 2.43 bits per heavy atom. The lowest BCUT2D eigenvalue weighted by Crippen LogP contribution is -2.35. The minimum atomic E-state index is -0.480. The van der Waals surface area contributed by atoms with Gasteiger partial charge in [0.1, 0.15) is 0 Å². The van der Waals surface area contributed by atoms with E-state index in [0.29, 0.717) is 40.6 Å². The van der Waals surface area contributed by atoms with Crippen molar-refractivity contribution in [1.82, 2.24) is 5.32 Å². The highest BCUT2D eigenvalue weighted by Gasteiger charge is 2.25. The summed E-state index contributed by atoms with van der Waals surface area (Å²) in [5, 5.41) is 21.7. The molecule has 28 heavy (non-hydrogen) atoms. The number of benzene rings is 1. The van der Waals surface area contributed by atoms with E-state index in [9.17, 15) is 19.8 Å². The van der Waals surface area contributed by atoms with Gasteiger partial charge in [0, 0.05) is 41.6 Å². The quantitative estimate of drug-likeness (QED) is 0.609. The van der Waals surface area contributed by atoms with E-state index in [1.54, 1.807) is 30.9 Å². The third kappa shape index (κ3) is 5.19. The molecule has 0 saturated carbocycles. The third-order valence-corrected chi connectivity index (χ3v) is 4.93. The molecule has 2 amide bonds. The zero-order chi connectivity index (χ0) is 20.8. The van der Waals surface area contributed by atoms with Gasteiger partial charge in [-0.3, -0.25) is 9.59 Å². The first-order valence-corrected chi connectivity index (χ1v) is 9.48. The highest BCUT2D eigenvalue weighted by atomic mass is 35.5. The van der Waals surface area contributed by atoms with Crippen molar-refractivity contribution in [3.63, 3.8) is 0 Å². The van der Waals surface area contributed by atoms with E-state index in [-0.39, 0.29) is 31.6 Å². The molecule has 2 rings (SSSR count). The second-order valence-electron chi connectivity index (χ2n) is 6.77. The van der Waals surface area contributed by atoms with Gasteiger partial charge < -0.3 is 20.4 Å². The van der Waals surface area contributed by atoms with Crippen LogP contribution in [0.4, 0.5) is 5.69 Å². The number of allylic oxidation sites excluding steroid dienone is 1. The van der Waals surface area contributed by atoms with Gasteiger partial charge in [0.25, 0.3) is 11.8 Å². The summed E-state index contributed by atoms with van der Waals surface area (Å²) in [5.41, 5.74) is 3.25. The first-order chi connectivity index (χ1) is 13.3. The zero-order valence-corrected chi connectivity index (χ0v) is 17.1. The summed E-state index contributed by atoms with van der Waals surface area (Å²) in [6.45, 7) is 5.96. The van der Waals surface area contributed by atoms with Gasteiger partial charge in [-0.2, -0.15) is 0 Å². The van der Waals surface area contributed by atoms with Crippen LogP contribution >= 0.6 is 11.6 Å². The van der Waals surface area contributed by atoms with Crippen LogP contribution in [-0.4, -0.2) is 60.6 Å². The van der Waals surface area contributed by atoms with Gasteiger partial charge >= 0.3 is 0 Å². The first-order valence-electron chi connectivity index (χ1n) is 9.10. The van der Waals surface area contributed by atoms with E-state index in [1.807, 2.05) is 13.0 Å². The van der Waals surface area contributed by atoms with Crippen LogP contribution in [-0.2, 0) is 4.79 Å². The van der Waals surface area contributed by atoms with E-state index in [4.69, 9.17) is 11.6 Å². The average Bonchev–Trinajstić information content (AvgIpc) is 2.62. The molecule has 1 atom stereocenters. The first kappa shape index (κ1) is 22.1. The molecular formula is C20H26ClN3O4. The van der Waals surface area contributed by atoms with Crippen LogP contribution in [0.3, 0.4) is 0 Å². The number of aliphatic hydroxyl groups is 2. The minimum Gasteiger partial charge on any atom is -0.395 e. The predicted octanol–water partition coefficient (Wildman–Crippen LogP) is 1.73. The normalized spacial score (nSPS) is 16.5. The van der Waals surface area contributed by atoms with Crippen molar-refractivity contribution in [1.29, 1.82) is 0 Å². The van der Waals surface area contributed by atoms with Gasteiger partial charge in [-0.25, -0.2) is 4.99 Å². The van der Waals surface area contributed by atoms with Crippen molar-refractivity contribution in [2.24, 2.45) is 10.9 Å². The Bertz CT molecular complexity index is 814. The Balaban J connectivity index is 2.21. The number of amides is 2. The SMILES string of the molecule is CC1=CC(C)=NC(=O)C1CNC(=O)c1cc(Cl)cc(N(CCO)CCO)c1C. The van der Waals surface area contributed by atoms with Crippen molar-refractivity contribution in [3.05, 3.63) is 39.9 Å². The summed E-state index contributed by atoms with van der Waals surface area (Å²) >= 11 is 6.21. The van der Waals surface area contributed by atoms with E-state index in [2.05, 4.69) is 10.3 Å². The molecule has 1 heterocycles. The number of nitrogens with zero attached hydrogens (tertiary/aromatic N) is 2. The highest BCUT2D eigenvalue weighted by molar-refractivity contribution is 6.31. The van der Waals surface area contributed by atoms with Crippen LogP contribution < -0.4 is 10.2 Å². The molecule has 0 saturated heterocycles. The van der Waals surface area contributed by atoms with Gasteiger partial charge in [-0.15, -0.1) is 0 Å². The molecule has 0 fully saturated rings. The van der Waals surface area contributed by atoms with Crippen molar-refractivity contribution in [3.8, 4) is 0 Å². The maximum absolute atomic E-state index is 12.8. The molecule has 1 unspecified atom stereocenters. The van der Waals surface area contributed by atoms with Crippen molar-refractivity contribution in [2.45, 2.75) is 20.8 Å². The number of rotatable bonds is 8. The van der Waals surface area contributed by atoms with Gasteiger partial charge in [-0.1, -0.05) is 17.2 Å². The molecular weight excluding hydrogens is 382 g/mol. The molecule has 8 heteroatoms. The lowest BCUT2D eigenvalue weighted by Gasteiger charge is -2.26. The number of hydrogen-bond acceptors (Lipinski definition) is 5. The monoisotopic (exact) mass is 407 g/mol. The highest BCUT2D eigenvalue weighted by Crippen LogP contribution is 2.28. The molecule has 0 bridgehead atoms. The lowest BCUT2D eigenvalue weighted by molar-refractivity contribution is -0.120. The standard InChI is InChI=1S/C20H26ClN3O4/c1-12-8-13(2)23-20(28)17(12)11-22-19(27)16-9-15(21)10-18(14(16)3)24(4-6-25)5-7-26/h8-10,17,25-26H,4-7,11H2,1-3H3,(H,22,27). The van der Waals surface area contributed by atoms with Crippen LogP contribution in [0.15, 0.2) is 28.8 Å². The fourth-order valence-corrected chi connectivity index (χ4v) is 3.48. The number of nitrogens with one attached hydrogen (secondary N) is 1. The Kier molecular flexibility index (Phi) is 7.74. The summed E-state index contributed by atoms with van der Waals surface area (Å²) in [7, 11) is 0. The fraction of sp³-hybridized carbons (Fsp3) is 0.450. The maximum Gasteiger partial charge on any atom is 0.254 e. The number of anilines is 1. The van der Waals surface area contributed by atoms with Crippen molar-refractivity contribution in [2.75, 3.05) is 37.7 Å². The summed E-state index contributed by atoms with van der Waals surface area (Å²) in [5.74, 6) is -1.09. The summed E-state index contributed by atoms with van der Waals surface area (Å²) < 4.78 is 0. The van der Waals surface area contributed by atoms with E-state index in [0.717, 1.165) is 5.57 Å². The second-order valence-corrected chi connectivity index (χ2v) is 7.21. The van der Waals surface area contributed by atoms with Gasteiger partial charge in [0.05, 0.1) is 19.1 Å². The van der Waals surface area contributed by atoms with Crippen LogP contribution in [0.1, 0.15) is 29.8 Å². The number of carbonyl (C=O) groups is 2. The molecule has 3 N–H and O–H groups in total. The maximum atomic E-state index is 12.8. The Hall–Kier alpha value is -2.22. The summed E-state index contributed by atoms with van der Waals surface area (Å²) in [6.07, 6.45) is 1.84. The van der Waals surface area contributed by atoms with E-state index >= 15 is 0 Å². The predicted molar refractivity (Wildman–Crippen MR) is 110 cm³/mol. The van der Waals surface area contributed by atoms with Crippen molar-refractivity contribution >= 4 is 34.8 Å². The fourth-order valence-electron chi connectivity index (χ4n) is 3.27. The van der Waals surface area contributed by atoms with E-state index < -0.39 is 5.92 Å². The number of carbonyl (C=O) groups excluding carboxylic acids is 2. The molecule has 1 aromatic carbocycles. The molecule has 152 valence electrons. The van der Waals surface area contributed by atoms with Crippen LogP contribution in [0.5, 0.6) is 0 Å². The number of dihydropyridines is 1. The largest absolute Gasteiger partial charge is 0.395 e. The summed E-state index contributed by atoms with van der Waals surface area (Å²) in [6, 6.07) is 3.27. The molecule has 0 radical (unpaired) electrons. The van der Waals surface area contributed by atoms with Gasteiger partial charge in [0.2, 0.25) is 0 Å². The van der Waals surface area contributed by atoms with Crippen LogP contribution in [0.25, 0.3) is 0 Å². The zero-order valence-electron chi connectivity index (χ0n) is 16.3. The summed E-state index contributed by atoms with van der Waals surface area (Å²) in [4.78, 5) is 30.6. The van der Waals surface area contributed by atoms with Crippen LogP contribution in [0.2, 0.25) is 5.02 Å². The van der Waals surface area contributed by atoms with Gasteiger partial charge in [0.15, 0.2) is 0 Å². The Labute approximate surface area is 169 Å². The lowest BCUT2D eigenvalue weighted by atomic mass is 9.95. The molecule has 0 spiro atoms. The third-order valence-electron chi connectivity index (χ3n) is 4.71. The molecule has 1 aromatic rings. The average molecular weight is 408 g/mol. The number of hydrogen-bond donors (Lipinski definition) is 3. The molecule has 1 aliphatic heterocycles. The number of aliphatic hydroxyl groups excluding tert-OH is 2.